The van der Waals surface area contributed by atoms with Gasteiger partial charge in [0.05, 0.1) is 15.4 Å². The van der Waals surface area contributed by atoms with Crippen molar-refractivity contribution in [1.82, 2.24) is 14.5 Å². The number of nitro groups is 1. The molecule has 0 radical (unpaired) electrons. The van der Waals surface area contributed by atoms with Gasteiger partial charge in [0, 0.05) is 25.7 Å². The fourth-order valence-electron chi connectivity index (χ4n) is 4.10. The van der Waals surface area contributed by atoms with Gasteiger partial charge in [-0.2, -0.15) is 4.31 Å². The molecule has 4 rings (SSSR count). The second-order valence-corrected chi connectivity index (χ2v) is 10.0. The lowest BCUT2D eigenvalue weighted by Gasteiger charge is -2.21. The number of carbonyl (C=O) groups is 3. The van der Waals surface area contributed by atoms with Crippen LogP contribution in [0.4, 0.5) is 5.69 Å². The number of benzene rings is 2. The minimum atomic E-state index is -3.54. The largest absolute Gasteiger partial charge is 0.350 e. The molecule has 11 nitrogen and oxygen atoms in total. The Hall–Kier alpha value is -3.64. The number of nitrogens with zero attached hydrogens (tertiary/aromatic N) is 3. The third-order valence-corrected chi connectivity index (χ3v) is 7.89. The zero-order valence-corrected chi connectivity index (χ0v) is 19.1. The lowest BCUT2D eigenvalue weighted by molar-refractivity contribution is -0.385. The third kappa shape index (κ3) is 4.05. The van der Waals surface area contributed by atoms with E-state index in [1.165, 1.54) is 35.5 Å². The van der Waals surface area contributed by atoms with Crippen molar-refractivity contribution in [2.75, 3.05) is 13.1 Å². The van der Waals surface area contributed by atoms with Crippen molar-refractivity contribution in [2.45, 2.75) is 37.2 Å². The third-order valence-electron chi connectivity index (χ3n) is 5.98. The number of sulfonamides is 1. The van der Waals surface area contributed by atoms with Crippen molar-refractivity contribution in [3.05, 3.63) is 69.3 Å². The fourth-order valence-corrected chi connectivity index (χ4v) is 5.62. The van der Waals surface area contributed by atoms with Crippen LogP contribution >= 0.6 is 0 Å². The quantitative estimate of drug-likeness (QED) is 0.356. The van der Waals surface area contributed by atoms with Crippen LogP contribution in [0.15, 0.2) is 47.4 Å². The van der Waals surface area contributed by atoms with Crippen molar-refractivity contribution in [2.24, 2.45) is 0 Å². The topological polar surface area (TPSA) is 147 Å². The van der Waals surface area contributed by atoms with Gasteiger partial charge in [0.1, 0.15) is 11.6 Å². The Bertz CT molecular complexity index is 1280. The number of imide groups is 1. The first kappa shape index (κ1) is 23.5. The normalized spacial score (nSPS) is 17.0. The van der Waals surface area contributed by atoms with Gasteiger partial charge in [0.15, 0.2) is 0 Å². The van der Waals surface area contributed by atoms with Gasteiger partial charge in [-0.15, -0.1) is 0 Å². The minimum Gasteiger partial charge on any atom is -0.350 e. The molecule has 2 aliphatic rings. The van der Waals surface area contributed by atoms with E-state index in [0.717, 1.165) is 18.9 Å². The predicted octanol–water partition coefficient (Wildman–Crippen LogP) is 1.68. The van der Waals surface area contributed by atoms with Gasteiger partial charge < -0.3 is 5.32 Å². The number of rotatable bonds is 7. The second-order valence-electron chi connectivity index (χ2n) is 8.09. The minimum absolute atomic E-state index is 0.0382. The number of nitrogens with one attached hydrogen (secondary N) is 1. The second kappa shape index (κ2) is 8.95. The predicted molar refractivity (Wildman–Crippen MR) is 119 cm³/mol. The van der Waals surface area contributed by atoms with Crippen molar-refractivity contribution in [1.29, 1.82) is 0 Å². The van der Waals surface area contributed by atoms with Crippen LogP contribution in [0.3, 0.4) is 0 Å². The highest BCUT2D eigenvalue weighted by atomic mass is 32.2. The maximum atomic E-state index is 12.8. The SMILES string of the molecule is CC(C(=O)NCc1ccc(S(=O)(=O)N2CCCC2)cc1)N1C(=O)c2cccc([N+](=O)[O-])c2C1=O. The van der Waals surface area contributed by atoms with Crippen LogP contribution in [-0.4, -0.2) is 59.4 Å². The van der Waals surface area contributed by atoms with Crippen LogP contribution in [0.1, 0.15) is 46.0 Å². The number of amides is 3. The van der Waals surface area contributed by atoms with E-state index >= 15 is 0 Å². The lowest BCUT2D eigenvalue weighted by Crippen LogP contribution is -2.47. The van der Waals surface area contributed by atoms with Gasteiger partial charge in [0.2, 0.25) is 15.9 Å². The molecule has 0 saturated carbocycles. The molecule has 1 saturated heterocycles. The van der Waals surface area contributed by atoms with E-state index in [0.29, 0.717) is 23.6 Å². The Kier molecular flexibility index (Phi) is 6.19. The molecule has 1 N–H and O–H groups in total. The van der Waals surface area contributed by atoms with Crippen molar-refractivity contribution >= 4 is 33.4 Å². The molecule has 2 heterocycles. The Balaban J connectivity index is 1.43. The zero-order chi connectivity index (χ0) is 24.6. The first-order valence-electron chi connectivity index (χ1n) is 10.6. The number of hydrogen-bond acceptors (Lipinski definition) is 7. The summed E-state index contributed by atoms with van der Waals surface area (Å²) >= 11 is 0. The van der Waals surface area contributed by atoms with E-state index in [-0.39, 0.29) is 22.6 Å². The highest BCUT2D eigenvalue weighted by Crippen LogP contribution is 2.32. The molecular weight excluding hydrogens is 464 g/mol. The van der Waals surface area contributed by atoms with Crippen LogP contribution in [0, 0.1) is 10.1 Å². The number of hydrogen-bond donors (Lipinski definition) is 1. The number of carbonyl (C=O) groups excluding carboxylic acids is 3. The Morgan fingerprint density at radius 3 is 2.35 bits per heavy atom. The molecule has 1 unspecified atom stereocenters. The van der Waals surface area contributed by atoms with Gasteiger partial charge >= 0.3 is 0 Å². The Morgan fingerprint density at radius 1 is 1.09 bits per heavy atom. The van der Waals surface area contributed by atoms with Crippen molar-refractivity contribution in [3.63, 3.8) is 0 Å². The molecule has 178 valence electrons. The van der Waals surface area contributed by atoms with Gasteiger partial charge in [-0.1, -0.05) is 18.2 Å². The molecule has 2 aliphatic heterocycles. The highest BCUT2D eigenvalue weighted by molar-refractivity contribution is 7.89. The summed E-state index contributed by atoms with van der Waals surface area (Å²) in [5.74, 6) is -2.31. The summed E-state index contributed by atoms with van der Waals surface area (Å²) in [6, 6.07) is 8.66. The van der Waals surface area contributed by atoms with Crippen LogP contribution in [0.5, 0.6) is 0 Å². The molecule has 0 bridgehead atoms. The molecule has 2 aromatic rings. The van der Waals surface area contributed by atoms with E-state index in [4.69, 9.17) is 0 Å². The zero-order valence-electron chi connectivity index (χ0n) is 18.3. The van der Waals surface area contributed by atoms with E-state index in [1.54, 1.807) is 12.1 Å². The van der Waals surface area contributed by atoms with Gasteiger partial charge in [-0.3, -0.25) is 29.4 Å². The number of fused-ring (bicyclic) bond motifs is 1. The molecule has 0 spiro atoms. The van der Waals surface area contributed by atoms with E-state index in [9.17, 15) is 32.9 Å². The van der Waals surface area contributed by atoms with Crippen LogP contribution in [0.25, 0.3) is 0 Å². The molecule has 12 heteroatoms. The molecule has 34 heavy (non-hydrogen) atoms. The molecule has 1 fully saturated rings. The summed E-state index contributed by atoms with van der Waals surface area (Å²) in [4.78, 5) is 49.5. The summed E-state index contributed by atoms with van der Waals surface area (Å²) < 4.78 is 26.7. The van der Waals surface area contributed by atoms with Crippen LogP contribution in [0.2, 0.25) is 0 Å². The van der Waals surface area contributed by atoms with Gasteiger partial charge in [-0.05, 0) is 43.5 Å². The van der Waals surface area contributed by atoms with Crippen molar-refractivity contribution in [3.8, 4) is 0 Å². The van der Waals surface area contributed by atoms with Gasteiger partial charge in [-0.25, -0.2) is 8.42 Å². The number of nitro benzene ring substituents is 1. The van der Waals surface area contributed by atoms with Gasteiger partial charge in [0.25, 0.3) is 17.5 Å². The fraction of sp³-hybridized carbons (Fsp3) is 0.318. The Morgan fingerprint density at radius 2 is 1.74 bits per heavy atom. The molecule has 0 aromatic heterocycles. The first-order chi connectivity index (χ1) is 16.1. The summed E-state index contributed by atoms with van der Waals surface area (Å²) in [6.07, 6.45) is 1.67. The standard InChI is InChI=1S/C22H22N4O7S/c1-14(25-21(28)17-5-4-6-18(26(30)31)19(17)22(25)29)20(27)23-13-15-7-9-16(10-8-15)34(32,33)24-11-2-3-12-24/h4-10,14H,2-3,11-13H2,1H3,(H,23,27). The average molecular weight is 487 g/mol. The monoisotopic (exact) mass is 486 g/mol. The first-order valence-corrected chi connectivity index (χ1v) is 12.1. The van der Waals surface area contributed by atoms with Crippen molar-refractivity contribution < 1.29 is 27.7 Å². The average Bonchev–Trinajstić information content (AvgIpc) is 3.45. The maximum absolute atomic E-state index is 12.8. The van der Waals surface area contributed by atoms with E-state index < -0.39 is 44.4 Å². The lowest BCUT2D eigenvalue weighted by atomic mass is 10.1. The van der Waals surface area contributed by atoms with Crippen LogP contribution < -0.4 is 5.32 Å². The summed E-state index contributed by atoms with van der Waals surface area (Å²) in [5, 5.41) is 13.9. The van der Waals surface area contributed by atoms with Crippen LogP contribution in [-0.2, 0) is 21.4 Å². The molecular formula is C22H22N4O7S. The van der Waals surface area contributed by atoms with E-state index in [2.05, 4.69) is 5.32 Å². The maximum Gasteiger partial charge on any atom is 0.282 e. The highest BCUT2D eigenvalue weighted by Gasteiger charge is 2.44. The molecule has 3 amide bonds. The summed E-state index contributed by atoms with van der Waals surface area (Å²) in [6.45, 7) is 2.39. The molecule has 2 aromatic carbocycles. The molecule has 1 atom stereocenters. The summed E-state index contributed by atoms with van der Waals surface area (Å²) in [5.41, 5.74) is -0.311. The van der Waals surface area contributed by atoms with E-state index in [1.807, 2.05) is 0 Å². The Labute approximate surface area is 195 Å². The smallest absolute Gasteiger partial charge is 0.282 e. The molecule has 0 aliphatic carbocycles. The summed E-state index contributed by atoms with van der Waals surface area (Å²) in [7, 11) is -3.54.